The summed E-state index contributed by atoms with van der Waals surface area (Å²) in [5, 5.41) is 16.6. The highest BCUT2D eigenvalue weighted by atomic mass is 127. The summed E-state index contributed by atoms with van der Waals surface area (Å²) in [6.07, 6.45) is 5.69. The zero-order chi connectivity index (χ0) is 15.5. The van der Waals surface area contributed by atoms with Gasteiger partial charge < -0.3 is 20.2 Å². The lowest BCUT2D eigenvalue weighted by molar-refractivity contribution is 0.158. The van der Waals surface area contributed by atoms with Gasteiger partial charge in [-0.15, -0.1) is 24.0 Å². The number of furan rings is 1. The fourth-order valence-corrected chi connectivity index (χ4v) is 2.07. The van der Waals surface area contributed by atoms with Crippen molar-refractivity contribution in [3.8, 4) is 0 Å². The van der Waals surface area contributed by atoms with E-state index in [1.54, 1.807) is 18.4 Å². The lowest BCUT2D eigenvalue weighted by Crippen LogP contribution is -2.42. The third-order valence-corrected chi connectivity index (χ3v) is 3.26. The number of guanidine groups is 1. The van der Waals surface area contributed by atoms with Crippen molar-refractivity contribution >= 4 is 29.9 Å². The highest BCUT2D eigenvalue weighted by Gasteiger charge is 2.11. The van der Waals surface area contributed by atoms with Crippen molar-refractivity contribution in [3.63, 3.8) is 0 Å². The van der Waals surface area contributed by atoms with Gasteiger partial charge in [0.1, 0.15) is 11.9 Å². The molecule has 1 rings (SSSR count). The molecule has 128 valence electrons. The van der Waals surface area contributed by atoms with Crippen LogP contribution in [0, 0.1) is 0 Å². The molecule has 0 spiro atoms. The van der Waals surface area contributed by atoms with Crippen molar-refractivity contribution < 1.29 is 9.52 Å². The Labute approximate surface area is 151 Å². The van der Waals surface area contributed by atoms with Gasteiger partial charge in [0.15, 0.2) is 5.96 Å². The Kier molecular flexibility index (Phi) is 12.3. The normalized spacial score (nSPS) is 14.1. The van der Waals surface area contributed by atoms with Crippen molar-refractivity contribution in [1.29, 1.82) is 0 Å². The Morgan fingerprint density at radius 3 is 2.73 bits per heavy atom. The number of hydrogen-bond acceptors (Lipinski definition) is 3. The number of hydrogen-bond donors (Lipinski definition) is 3. The summed E-state index contributed by atoms with van der Waals surface area (Å²) in [5.74, 6) is 1.29. The van der Waals surface area contributed by atoms with Crippen molar-refractivity contribution in [2.45, 2.75) is 58.6 Å². The topological polar surface area (TPSA) is 69.8 Å². The van der Waals surface area contributed by atoms with E-state index in [9.17, 15) is 5.11 Å². The molecule has 0 fully saturated rings. The Balaban J connectivity index is 0.00000441. The highest BCUT2D eigenvalue weighted by molar-refractivity contribution is 14.0. The maximum Gasteiger partial charge on any atom is 0.191 e. The van der Waals surface area contributed by atoms with Crippen molar-refractivity contribution in [1.82, 2.24) is 10.6 Å². The summed E-state index contributed by atoms with van der Waals surface area (Å²) in [5.41, 5.74) is 0. The van der Waals surface area contributed by atoms with E-state index < -0.39 is 6.10 Å². The van der Waals surface area contributed by atoms with Crippen LogP contribution in [-0.4, -0.2) is 30.2 Å². The van der Waals surface area contributed by atoms with Crippen LogP contribution in [0.5, 0.6) is 0 Å². The van der Waals surface area contributed by atoms with Crippen LogP contribution in [0.1, 0.15) is 58.3 Å². The number of nitrogens with zero attached hydrogens (tertiary/aromatic N) is 1. The molecule has 0 amide bonds. The molecule has 2 unspecified atom stereocenters. The summed E-state index contributed by atoms with van der Waals surface area (Å²) < 4.78 is 5.17. The average Bonchev–Trinajstić information content (AvgIpc) is 2.99. The Bertz CT molecular complexity index is 396. The lowest BCUT2D eigenvalue weighted by atomic mass is 10.1. The Hall–Kier alpha value is -0.760. The fourth-order valence-electron chi connectivity index (χ4n) is 2.07. The molecule has 5 nitrogen and oxygen atoms in total. The van der Waals surface area contributed by atoms with Gasteiger partial charge in [0.25, 0.3) is 0 Å². The molecule has 1 heterocycles. The first-order valence-corrected chi connectivity index (χ1v) is 7.93. The minimum atomic E-state index is -0.703. The lowest BCUT2D eigenvalue weighted by Gasteiger charge is -2.18. The SMILES string of the molecule is CCCCCC(C)NC(=NCC(O)c1ccco1)NCC.I. The summed E-state index contributed by atoms with van der Waals surface area (Å²) in [4.78, 5) is 4.42. The molecule has 0 aromatic carbocycles. The minimum Gasteiger partial charge on any atom is -0.467 e. The number of nitrogens with one attached hydrogen (secondary N) is 2. The molecular weight excluding hydrogens is 393 g/mol. The second kappa shape index (κ2) is 12.8. The van der Waals surface area contributed by atoms with Gasteiger partial charge >= 0.3 is 0 Å². The van der Waals surface area contributed by atoms with E-state index in [1.165, 1.54) is 19.3 Å². The van der Waals surface area contributed by atoms with Crippen LogP contribution in [0.3, 0.4) is 0 Å². The van der Waals surface area contributed by atoms with E-state index >= 15 is 0 Å². The predicted octanol–water partition coefficient (Wildman–Crippen LogP) is 3.45. The van der Waals surface area contributed by atoms with Crippen molar-refractivity contribution in [3.05, 3.63) is 24.2 Å². The van der Waals surface area contributed by atoms with Crippen molar-refractivity contribution in [2.24, 2.45) is 4.99 Å². The molecule has 0 aliphatic carbocycles. The van der Waals surface area contributed by atoms with Gasteiger partial charge in [0.05, 0.1) is 12.8 Å². The third-order valence-electron chi connectivity index (χ3n) is 3.26. The first kappa shape index (κ1) is 21.2. The summed E-state index contributed by atoms with van der Waals surface area (Å²) in [6, 6.07) is 3.89. The first-order chi connectivity index (χ1) is 10.2. The Morgan fingerprint density at radius 2 is 2.14 bits per heavy atom. The molecule has 6 heteroatoms. The van der Waals surface area contributed by atoms with Crippen LogP contribution in [0.25, 0.3) is 0 Å². The van der Waals surface area contributed by atoms with E-state index in [4.69, 9.17) is 4.42 Å². The molecule has 1 aromatic heterocycles. The van der Waals surface area contributed by atoms with E-state index in [1.807, 2.05) is 6.92 Å². The van der Waals surface area contributed by atoms with Gasteiger partial charge in [-0.3, -0.25) is 4.99 Å². The zero-order valence-corrected chi connectivity index (χ0v) is 16.2. The molecule has 0 aliphatic heterocycles. The molecule has 0 saturated carbocycles. The predicted molar refractivity (Wildman–Crippen MR) is 102 cm³/mol. The molecule has 0 aliphatic rings. The molecular formula is C16H30IN3O2. The molecule has 0 radical (unpaired) electrons. The van der Waals surface area contributed by atoms with Crippen LogP contribution < -0.4 is 10.6 Å². The molecule has 3 N–H and O–H groups in total. The minimum absolute atomic E-state index is 0. The van der Waals surface area contributed by atoms with Crippen LogP contribution in [0.15, 0.2) is 27.8 Å². The molecule has 22 heavy (non-hydrogen) atoms. The van der Waals surface area contributed by atoms with E-state index in [-0.39, 0.29) is 30.5 Å². The van der Waals surface area contributed by atoms with E-state index in [0.717, 1.165) is 18.9 Å². The maximum atomic E-state index is 9.98. The zero-order valence-electron chi connectivity index (χ0n) is 13.8. The van der Waals surface area contributed by atoms with Gasteiger partial charge in [-0.2, -0.15) is 0 Å². The van der Waals surface area contributed by atoms with Gasteiger partial charge in [-0.1, -0.05) is 26.2 Å². The fraction of sp³-hybridized carbons (Fsp3) is 0.688. The van der Waals surface area contributed by atoms with Crippen LogP contribution in [-0.2, 0) is 0 Å². The Morgan fingerprint density at radius 1 is 1.36 bits per heavy atom. The van der Waals surface area contributed by atoms with Crippen LogP contribution in [0.4, 0.5) is 0 Å². The quantitative estimate of drug-likeness (QED) is 0.246. The number of aliphatic hydroxyl groups is 1. The van der Waals surface area contributed by atoms with Gasteiger partial charge in [-0.05, 0) is 32.4 Å². The standard InChI is InChI=1S/C16H29N3O2.HI/c1-4-6-7-9-13(3)19-16(17-5-2)18-12-14(20)15-10-8-11-21-15;/h8,10-11,13-14,20H,4-7,9,12H2,1-3H3,(H2,17,18,19);1H. The number of halogens is 1. The number of aliphatic imine (C=N–C) groups is 1. The number of unbranched alkanes of at least 4 members (excludes halogenated alkanes) is 2. The van der Waals surface area contributed by atoms with E-state index in [0.29, 0.717) is 11.8 Å². The van der Waals surface area contributed by atoms with Gasteiger partial charge in [0, 0.05) is 12.6 Å². The maximum absolute atomic E-state index is 9.98. The van der Waals surface area contributed by atoms with Gasteiger partial charge in [-0.25, -0.2) is 0 Å². The van der Waals surface area contributed by atoms with Crippen molar-refractivity contribution in [2.75, 3.05) is 13.1 Å². The third kappa shape index (κ3) is 8.63. The number of aliphatic hydroxyl groups excluding tert-OH is 1. The average molecular weight is 423 g/mol. The smallest absolute Gasteiger partial charge is 0.191 e. The number of rotatable bonds is 9. The second-order valence-electron chi connectivity index (χ2n) is 5.29. The summed E-state index contributed by atoms with van der Waals surface area (Å²) in [6.45, 7) is 7.47. The highest BCUT2D eigenvalue weighted by Crippen LogP contribution is 2.12. The second-order valence-corrected chi connectivity index (χ2v) is 5.29. The molecule has 0 saturated heterocycles. The molecule has 2 atom stereocenters. The first-order valence-electron chi connectivity index (χ1n) is 7.93. The molecule has 1 aromatic rings. The largest absolute Gasteiger partial charge is 0.467 e. The summed E-state index contributed by atoms with van der Waals surface area (Å²) in [7, 11) is 0. The summed E-state index contributed by atoms with van der Waals surface area (Å²) >= 11 is 0. The van der Waals surface area contributed by atoms with E-state index in [2.05, 4.69) is 29.5 Å². The van der Waals surface area contributed by atoms with Crippen LogP contribution >= 0.6 is 24.0 Å². The monoisotopic (exact) mass is 423 g/mol. The van der Waals surface area contributed by atoms with Gasteiger partial charge in [0.2, 0.25) is 0 Å². The van der Waals surface area contributed by atoms with Crippen LogP contribution in [0.2, 0.25) is 0 Å². The molecule has 0 bridgehead atoms.